The van der Waals surface area contributed by atoms with Gasteiger partial charge in [-0.25, -0.2) is 0 Å². The third-order valence-corrected chi connectivity index (χ3v) is 3.45. The van der Waals surface area contributed by atoms with Crippen LogP contribution in [-0.2, 0) is 14.9 Å². The van der Waals surface area contributed by atoms with E-state index in [9.17, 15) is 4.79 Å². The predicted molar refractivity (Wildman–Crippen MR) is 69.3 cm³/mol. The minimum absolute atomic E-state index is 0.271. The first-order chi connectivity index (χ1) is 8.23. The molecule has 1 aromatic carbocycles. The molecule has 3 heteroatoms. The van der Waals surface area contributed by atoms with E-state index >= 15 is 0 Å². The van der Waals surface area contributed by atoms with E-state index in [2.05, 4.69) is 21.9 Å². The summed E-state index contributed by atoms with van der Waals surface area (Å²) in [6.07, 6.45) is 6.24. The fourth-order valence-corrected chi connectivity index (χ4v) is 2.33. The number of esters is 1. The van der Waals surface area contributed by atoms with Gasteiger partial charge in [0.2, 0.25) is 0 Å². The number of hydrogen-bond acceptors (Lipinski definition) is 2. The van der Waals surface area contributed by atoms with Crippen LogP contribution in [0, 0.1) is 12.3 Å². The fraction of sp³-hybridized carbons (Fsp3) is 0.214. The summed E-state index contributed by atoms with van der Waals surface area (Å²) in [6, 6.07) is 9.54. The van der Waals surface area contributed by atoms with Crippen LogP contribution in [0.3, 0.4) is 0 Å². The van der Waals surface area contributed by atoms with Crippen molar-refractivity contribution in [2.24, 2.45) is 0 Å². The van der Waals surface area contributed by atoms with E-state index in [-0.39, 0.29) is 5.97 Å². The molecule has 0 radical (unpaired) electrons. The Bertz CT molecular complexity index is 499. The third kappa shape index (κ3) is 2.01. The van der Waals surface area contributed by atoms with Gasteiger partial charge in [0.05, 0.1) is 0 Å². The van der Waals surface area contributed by atoms with Gasteiger partial charge in [0.1, 0.15) is 11.2 Å². The molecule has 0 unspecified atom stereocenters. The van der Waals surface area contributed by atoms with E-state index in [1.165, 1.54) is 0 Å². The smallest absolute Gasteiger partial charge is 0.323 e. The molecule has 0 bridgehead atoms. The van der Waals surface area contributed by atoms with Crippen LogP contribution < -0.4 is 0 Å². The van der Waals surface area contributed by atoms with Crippen LogP contribution in [0.15, 0.2) is 41.1 Å². The predicted octanol–water partition coefficient (Wildman–Crippen LogP) is 3.13. The average molecular weight is 291 g/mol. The monoisotopic (exact) mass is 290 g/mol. The molecule has 0 aliphatic carbocycles. The lowest BCUT2D eigenvalue weighted by molar-refractivity contribution is -0.140. The number of benzene rings is 1. The van der Waals surface area contributed by atoms with Crippen LogP contribution >= 0.6 is 15.9 Å². The second kappa shape index (κ2) is 4.77. The zero-order valence-corrected chi connectivity index (χ0v) is 10.7. The van der Waals surface area contributed by atoms with Crippen molar-refractivity contribution in [2.75, 3.05) is 0 Å². The molecule has 1 aromatic rings. The molecule has 0 amide bonds. The highest BCUT2D eigenvalue weighted by atomic mass is 79.9. The van der Waals surface area contributed by atoms with Crippen molar-refractivity contribution in [3.05, 3.63) is 46.6 Å². The molecule has 0 saturated carbocycles. The van der Waals surface area contributed by atoms with Gasteiger partial charge in [0.25, 0.3) is 0 Å². The molecule has 2 rings (SSSR count). The maximum Gasteiger partial charge on any atom is 0.323 e. The lowest BCUT2D eigenvalue weighted by atomic mass is 9.76. The Hall–Kier alpha value is -1.53. The van der Waals surface area contributed by atoms with Crippen LogP contribution in [0.2, 0.25) is 0 Å². The van der Waals surface area contributed by atoms with Gasteiger partial charge in [-0.3, -0.25) is 4.79 Å². The van der Waals surface area contributed by atoms with E-state index in [0.717, 1.165) is 5.56 Å². The van der Waals surface area contributed by atoms with Crippen molar-refractivity contribution in [1.29, 1.82) is 0 Å². The molecule has 1 fully saturated rings. The van der Waals surface area contributed by atoms with Crippen molar-refractivity contribution in [2.45, 2.75) is 18.3 Å². The van der Waals surface area contributed by atoms with Crippen LogP contribution in [-0.4, -0.2) is 5.97 Å². The topological polar surface area (TPSA) is 26.3 Å². The van der Waals surface area contributed by atoms with Crippen LogP contribution in [0.1, 0.15) is 18.4 Å². The van der Waals surface area contributed by atoms with Crippen molar-refractivity contribution < 1.29 is 9.53 Å². The summed E-state index contributed by atoms with van der Waals surface area (Å²) in [4.78, 5) is 13.7. The highest BCUT2D eigenvalue weighted by molar-refractivity contribution is 9.11. The molecule has 0 aromatic heterocycles. The number of ether oxygens (including phenoxy) is 1. The van der Waals surface area contributed by atoms with E-state index < -0.39 is 5.41 Å². The number of carbonyl (C=O) groups is 1. The zero-order chi connectivity index (χ0) is 12.3. The second-order valence-electron chi connectivity index (χ2n) is 3.97. The van der Waals surface area contributed by atoms with Gasteiger partial charge in [-0.05, 0) is 5.56 Å². The van der Waals surface area contributed by atoms with Gasteiger partial charge in [-0.1, -0.05) is 46.3 Å². The molecular weight excluding hydrogens is 280 g/mol. The van der Waals surface area contributed by atoms with Crippen molar-refractivity contribution in [1.82, 2.24) is 0 Å². The largest absolute Gasteiger partial charge is 0.430 e. The average Bonchev–Trinajstić information content (AvgIpc) is 2.69. The standard InChI is InChI=1S/C14H11BrO2/c1-2-8-14(11-6-4-3-5-7-11)9-12(10-15)17-13(14)16/h1,3-7,10H,8-9H2/b12-10-/t14-/m1/s1. The second-order valence-corrected chi connectivity index (χ2v) is 4.43. The fourth-order valence-electron chi connectivity index (χ4n) is 2.07. The van der Waals surface area contributed by atoms with Crippen LogP contribution in [0.25, 0.3) is 0 Å². The summed E-state index contributed by atoms with van der Waals surface area (Å²) < 4.78 is 5.21. The number of carbonyl (C=O) groups excluding carboxylic acids is 1. The molecule has 1 heterocycles. The van der Waals surface area contributed by atoms with Gasteiger partial charge in [0.15, 0.2) is 0 Å². The van der Waals surface area contributed by atoms with Crippen molar-refractivity contribution in [3.63, 3.8) is 0 Å². The molecule has 1 atom stereocenters. The maximum absolute atomic E-state index is 12.1. The zero-order valence-electron chi connectivity index (χ0n) is 9.15. The lowest BCUT2D eigenvalue weighted by Gasteiger charge is -2.21. The molecule has 0 N–H and O–H groups in total. The van der Waals surface area contributed by atoms with E-state index in [1.54, 1.807) is 4.99 Å². The van der Waals surface area contributed by atoms with Gasteiger partial charge in [0, 0.05) is 17.8 Å². The van der Waals surface area contributed by atoms with E-state index in [0.29, 0.717) is 18.6 Å². The minimum atomic E-state index is -0.727. The molecule has 1 saturated heterocycles. The summed E-state index contributed by atoms with van der Waals surface area (Å²) in [7, 11) is 0. The Labute approximate surface area is 109 Å². The Balaban J connectivity index is 2.49. The van der Waals surface area contributed by atoms with Crippen molar-refractivity contribution in [3.8, 4) is 12.3 Å². The maximum atomic E-state index is 12.1. The first-order valence-corrected chi connectivity index (χ1v) is 6.15. The molecule has 1 aliphatic heterocycles. The summed E-state index contributed by atoms with van der Waals surface area (Å²) >= 11 is 3.19. The number of terminal acetylenes is 1. The number of allylic oxidation sites excluding steroid dienone is 1. The van der Waals surface area contributed by atoms with Crippen LogP contribution in [0.5, 0.6) is 0 Å². The molecule has 0 spiro atoms. The number of hydrogen-bond donors (Lipinski definition) is 0. The quantitative estimate of drug-likeness (QED) is 0.618. The highest BCUT2D eigenvalue weighted by Gasteiger charge is 2.47. The summed E-state index contributed by atoms with van der Waals surface area (Å²) in [5.74, 6) is 2.93. The first kappa shape index (κ1) is 11.9. The van der Waals surface area contributed by atoms with Crippen molar-refractivity contribution >= 4 is 21.9 Å². The Morgan fingerprint density at radius 3 is 2.71 bits per heavy atom. The van der Waals surface area contributed by atoms with E-state index in [1.807, 2.05) is 30.3 Å². The summed E-state index contributed by atoms with van der Waals surface area (Å²) in [6.45, 7) is 0. The number of rotatable bonds is 2. The molecule has 86 valence electrons. The molecular formula is C14H11BrO2. The Morgan fingerprint density at radius 2 is 2.18 bits per heavy atom. The van der Waals surface area contributed by atoms with Gasteiger partial charge >= 0.3 is 5.97 Å². The van der Waals surface area contributed by atoms with Gasteiger partial charge in [-0.2, -0.15) is 0 Å². The Kier molecular flexibility index (Phi) is 3.35. The van der Waals surface area contributed by atoms with Crippen LogP contribution in [0.4, 0.5) is 0 Å². The first-order valence-electron chi connectivity index (χ1n) is 5.23. The Morgan fingerprint density at radius 1 is 1.47 bits per heavy atom. The molecule has 17 heavy (non-hydrogen) atoms. The number of halogens is 1. The summed E-state index contributed by atoms with van der Waals surface area (Å²) in [5, 5.41) is 0. The highest BCUT2D eigenvalue weighted by Crippen LogP contribution is 2.42. The SMILES string of the molecule is C#CC[C@]1(c2ccccc2)C/C(=C/Br)OC1=O. The van der Waals surface area contributed by atoms with Gasteiger partial charge < -0.3 is 4.74 Å². The van der Waals surface area contributed by atoms with Gasteiger partial charge in [-0.15, -0.1) is 12.3 Å². The third-order valence-electron chi connectivity index (χ3n) is 2.94. The normalized spacial score (nSPS) is 25.6. The molecule has 1 aliphatic rings. The summed E-state index contributed by atoms with van der Waals surface area (Å²) in [5.41, 5.74) is 0.183. The van der Waals surface area contributed by atoms with E-state index in [4.69, 9.17) is 11.2 Å². The minimum Gasteiger partial charge on any atom is -0.430 e. The lowest BCUT2D eigenvalue weighted by Crippen LogP contribution is -2.30. The number of cyclic esters (lactones) is 1. The molecule has 2 nitrogen and oxygen atoms in total.